The maximum atomic E-state index is 12.7. The van der Waals surface area contributed by atoms with E-state index in [4.69, 9.17) is 9.98 Å². The van der Waals surface area contributed by atoms with Crippen LogP contribution >= 0.6 is 11.3 Å². The Morgan fingerprint density at radius 3 is 2.43 bits per heavy atom. The first kappa shape index (κ1) is 23.0. The van der Waals surface area contributed by atoms with Gasteiger partial charge in [-0.1, -0.05) is 13.8 Å². The molecule has 3 heterocycles. The molecule has 0 spiro atoms. The van der Waals surface area contributed by atoms with Gasteiger partial charge in [0.1, 0.15) is 0 Å². The highest BCUT2D eigenvalue weighted by atomic mass is 32.1. The lowest BCUT2D eigenvalue weighted by Crippen LogP contribution is -2.57. The third kappa shape index (κ3) is 5.94. The number of thiazole rings is 1. The summed E-state index contributed by atoms with van der Waals surface area (Å²) in [6.45, 7) is 15.6. The van der Waals surface area contributed by atoms with Crippen LogP contribution in [0.3, 0.4) is 0 Å². The highest BCUT2D eigenvalue weighted by molar-refractivity contribution is 7.09. The third-order valence-corrected chi connectivity index (χ3v) is 7.16. The number of carbonyl (C=O) groups excluding carboxylic acids is 1. The van der Waals surface area contributed by atoms with Crippen LogP contribution in [0, 0.1) is 0 Å². The zero-order valence-electron chi connectivity index (χ0n) is 19.1. The third-order valence-electron chi connectivity index (χ3n) is 5.96. The van der Waals surface area contributed by atoms with Crippen LogP contribution in [0.2, 0.25) is 0 Å². The predicted molar refractivity (Wildman–Crippen MR) is 124 cm³/mol. The molecule has 7 nitrogen and oxygen atoms in total. The van der Waals surface area contributed by atoms with Gasteiger partial charge in [-0.15, -0.1) is 11.3 Å². The van der Waals surface area contributed by atoms with Gasteiger partial charge in [-0.2, -0.15) is 0 Å². The molecular weight excluding hydrogens is 396 g/mol. The van der Waals surface area contributed by atoms with Crippen molar-refractivity contribution in [2.75, 3.05) is 52.4 Å². The van der Waals surface area contributed by atoms with Gasteiger partial charge in [-0.05, 0) is 26.7 Å². The predicted octanol–water partition coefficient (Wildman–Crippen LogP) is 2.40. The van der Waals surface area contributed by atoms with Crippen molar-refractivity contribution in [3.05, 3.63) is 16.1 Å². The number of aliphatic imine (C=N–C) groups is 1. The van der Waals surface area contributed by atoms with Crippen molar-refractivity contribution in [1.29, 1.82) is 0 Å². The van der Waals surface area contributed by atoms with Gasteiger partial charge in [0, 0.05) is 70.1 Å². The Bertz CT molecular complexity index is 704. The molecule has 3 rings (SSSR count). The maximum absolute atomic E-state index is 12.7. The number of rotatable bonds is 7. The molecule has 0 saturated carbocycles. The number of piperazine rings is 1. The van der Waals surface area contributed by atoms with Crippen LogP contribution in [0.25, 0.3) is 0 Å². The lowest BCUT2D eigenvalue weighted by atomic mass is 10.2. The number of guanidine groups is 1. The van der Waals surface area contributed by atoms with Crippen LogP contribution in [0.5, 0.6) is 0 Å². The second kappa shape index (κ2) is 11.1. The van der Waals surface area contributed by atoms with Gasteiger partial charge >= 0.3 is 0 Å². The molecule has 2 fully saturated rings. The van der Waals surface area contributed by atoms with E-state index in [1.165, 1.54) is 5.01 Å². The number of hydrogen-bond acceptors (Lipinski definition) is 5. The minimum Gasteiger partial charge on any atom is -0.357 e. The van der Waals surface area contributed by atoms with Crippen LogP contribution in [0.15, 0.2) is 10.4 Å². The van der Waals surface area contributed by atoms with Crippen molar-refractivity contribution in [2.45, 2.75) is 58.9 Å². The molecule has 2 aliphatic rings. The minimum absolute atomic E-state index is 0.0235. The van der Waals surface area contributed by atoms with Crippen LogP contribution in [-0.4, -0.2) is 90.0 Å². The van der Waals surface area contributed by atoms with Crippen LogP contribution in [-0.2, 0) is 11.2 Å². The van der Waals surface area contributed by atoms with E-state index in [1.807, 2.05) is 4.90 Å². The minimum atomic E-state index is -0.0235. The van der Waals surface area contributed by atoms with Crippen LogP contribution < -0.4 is 5.32 Å². The zero-order chi connectivity index (χ0) is 21.5. The molecule has 0 aliphatic carbocycles. The molecule has 1 N–H and O–H groups in total. The normalized spacial score (nSPS) is 19.6. The van der Waals surface area contributed by atoms with Crippen LogP contribution in [0.4, 0.5) is 0 Å². The van der Waals surface area contributed by atoms with E-state index in [2.05, 4.69) is 48.2 Å². The Kier molecular flexibility index (Phi) is 8.50. The molecule has 2 saturated heterocycles. The van der Waals surface area contributed by atoms with Crippen molar-refractivity contribution in [1.82, 2.24) is 25.0 Å². The van der Waals surface area contributed by atoms with E-state index in [1.54, 1.807) is 11.3 Å². The summed E-state index contributed by atoms with van der Waals surface area (Å²) in [7, 11) is 0. The largest absolute Gasteiger partial charge is 0.357 e. The van der Waals surface area contributed by atoms with Gasteiger partial charge in [-0.3, -0.25) is 14.7 Å². The van der Waals surface area contributed by atoms with E-state index in [9.17, 15) is 4.79 Å². The highest BCUT2D eigenvalue weighted by Crippen LogP contribution is 2.19. The second-order valence-electron chi connectivity index (χ2n) is 8.55. The number of likely N-dealkylation sites (tertiary alicyclic amines) is 1. The van der Waals surface area contributed by atoms with Crippen molar-refractivity contribution in [3.63, 3.8) is 0 Å². The van der Waals surface area contributed by atoms with Gasteiger partial charge in [-0.25, -0.2) is 4.98 Å². The fourth-order valence-electron chi connectivity index (χ4n) is 4.08. The summed E-state index contributed by atoms with van der Waals surface area (Å²) in [5, 5.41) is 6.80. The first-order valence-corrected chi connectivity index (χ1v) is 12.4. The molecule has 1 aromatic rings. The molecule has 0 bridgehead atoms. The van der Waals surface area contributed by atoms with Gasteiger partial charge in [0.2, 0.25) is 5.91 Å². The topological polar surface area (TPSA) is 64.1 Å². The number of carbonyl (C=O) groups is 1. The fraction of sp³-hybridized carbons (Fsp3) is 0.773. The average molecular weight is 435 g/mol. The monoisotopic (exact) mass is 434 g/mol. The summed E-state index contributed by atoms with van der Waals surface area (Å²) in [6.07, 6.45) is 3.17. The summed E-state index contributed by atoms with van der Waals surface area (Å²) in [6, 6.07) is -0.0235. The lowest BCUT2D eigenvalue weighted by molar-refractivity contribution is -0.135. The SMILES string of the molecule is CCNC(=NCCc1csc(C(C)C)n1)N1CCN(C(C)C(=O)N2CCCC2)CC1. The molecule has 168 valence electrons. The molecule has 0 aromatic carbocycles. The summed E-state index contributed by atoms with van der Waals surface area (Å²) >= 11 is 1.75. The summed E-state index contributed by atoms with van der Waals surface area (Å²) in [4.78, 5) is 29.0. The van der Waals surface area contributed by atoms with E-state index in [-0.39, 0.29) is 6.04 Å². The summed E-state index contributed by atoms with van der Waals surface area (Å²) < 4.78 is 0. The molecule has 1 aromatic heterocycles. The fourth-order valence-corrected chi connectivity index (χ4v) is 4.95. The van der Waals surface area contributed by atoms with Gasteiger partial charge < -0.3 is 15.1 Å². The van der Waals surface area contributed by atoms with Crippen molar-refractivity contribution in [2.24, 2.45) is 4.99 Å². The van der Waals surface area contributed by atoms with Crippen molar-refractivity contribution in [3.8, 4) is 0 Å². The molecular formula is C22H38N6OS. The van der Waals surface area contributed by atoms with E-state index >= 15 is 0 Å². The van der Waals surface area contributed by atoms with E-state index in [0.717, 1.165) is 83.3 Å². The Labute approximate surface area is 185 Å². The Morgan fingerprint density at radius 2 is 1.83 bits per heavy atom. The van der Waals surface area contributed by atoms with E-state index < -0.39 is 0 Å². The summed E-state index contributed by atoms with van der Waals surface area (Å²) in [5.41, 5.74) is 1.14. The first-order valence-electron chi connectivity index (χ1n) is 11.5. The molecule has 1 unspecified atom stereocenters. The van der Waals surface area contributed by atoms with Crippen molar-refractivity contribution < 1.29 is 4.79 Å². The highest BCUT2D eigenvalue weighted by Gasteiger charge is 2.30. The lowest BCUT2D eigenvalue weighted by Gasteiger charge is -2.39. The zero-order valence-corrected chi connectivity index (χ0v) is 19.9. The molecule has 2 aliphatic heterocycles. The molecule has 1 amide bonds. The second-order valence-corrected chi connectivity index (χ2v) is 9.44. The smallest absolute Gasteiger partial charge is 0.239 e. The van der Waals surface area contributed by atoms with Gasteiger partial charge in [0.15, 0.2) is 5.96 Å². The first-order chi connectivity index (χ1) is 14.5. The number of nitrogens with zero attached hydrogens (tertiary/aromatic N) is 5. The number of aromatic nitrogens is 1. The molecule has 1 atom stereocenters. The maximum Gasteiger partial charge on any atom is 0.239 e. The molecule has 8 heteroatoms. The Hall–Kier alpha value is -1.67. The van der Waals surface area contributed by atoms with Gasteiger partial charge in [0.05, 0.1) is 16.7 Å². The standard InChI is InChI=1S/C22H38N6OS/c1-5-23-22(24-9-8-19-16-30-20(25-19)17(2)3)28-14-12-26(13-15-28)18(4)21(29)27-10-6-7-11-27/h16-18H,5-15H2,1-4H3,(H,23,24). The molecule has 30 heavy (non-hydrogen) atoms. The number of amides is 1. The average Bonchev–Trinajstić information content (AvgIpc) is 3.44. The number of hydrogen-bond donors (Lipinski definition) is 1. The molecule has 0 radical (unpaired) electrons. The Morgan fingerprint density at radius 1 is 1.13 bits per heavy atom. The van der Waals surface area contributed by atoms with Gasteiger partial charge in [0.25, 0.3) is 0 Å². The van der Waals surface area contributed by atoms with Crippen molar-refractivity contribution >= 4 is 23.2 Å². The quantitative estimate of drug-likeness (QED) is 0.527. The summed E-state index contributed by atoms with van der Waals surface area (Å²) in [5.74, 6) is 1.76. The number of nitrogens with one attached hydrogen (secondary N) is 1. The Balaban J connectivity index is 1.50. The van der Waals surface area contributed by atoms with Crippen LogP contribution in [0.1, 0.15) is 57.2 Å². The van der Waals surface area contributed by atoms with E-state index in [0.29, 0.717) is 11.8 Å².